The zero-order valence-electron chi connectivity index (χ0n) is 9.14. The summed E-state index contributed by atoms with van der Waals surface area (Å²) in [6.07, 6.45) is 2.53. The van der Waals surface area contributed by atoms with Crippen LogP contribution < -0.4 is 10.6 Å². The number of aliphatic hydroxyl groups is 1. The summed E-state index contributed by atoms with van der Waals surface area (Å²) in [6, 6.07) is 6.01. The second-order valence-electron chi connectivity index (χ2n) is 3.54. The van der Waals surface area contributed by atoms with Gasteiger partial charge in [0, 0.05) is 30.4 Å². The van der Waals surface area contributed by atoms with Gasteiger partial charge in [-0.2, -0.15) is 4.37 Å². The van der Waals surface area contributed by atoms with Crippen LogP contribution in [-0.4, -0.2) is 27.7 Å². The molecule has 3 N–H and O–H groups in total. The summed E-state index contributed by atoms with van der Waals surface area (Å²) in [7, 11) is 0. The minimum Gasteiger partial charge on any atom is -0.396 e. The van der Waals surface area contributed by atoms with Gasteiger partial charge in [-0.05, 0) is 48.4 Å². The highest BCUT2D eigenvalue weighted by Crippen LogP contribution is 2.21. The lowest BCUT2D eigenvalue weighted by Gasteiger charge is -2.09. The van der Waals surface area contributed by atoms with E-state index in [0.29, 0.717) is 18.1 Å². The fourth-order valence-corrected chi connectivity index (χ4v) is 2.25. The van der Waals surface area contributed by atoms with Gasteiger partial charge in [-0.3, -0.25) is 0 Å². The van der Waals surface area contributed by atoms with Crippen LogP contribution in [0.5, 0.6) is 0 Å². The van der Waals surface area contributed by atoms with Crippen molar-refractivity contribution in [2.45, 2.75) is 6.42 Å². The van der Waals surface area contributed by atoms with Crippen molar-refractivity contribution in [1.82, 2.24) is 9.69 Å². The van der Waals surface area contributed by atoms with Crippen LogP contribution in [0.15, 0.2) is 24.4 Å². The van der Waals surface area contributed by atoms with Gasteiger partial charge in [0.15, 0.2) is 5.11 Å². The first-order valence-corrected chi connectivity index (χ1v) is 6.48. The van der Waals surface area contributed by atoms with Gasteiger partial charge in [-0.1, -0.05) is 0 Å². The number of aliphatic hydroxyl groups excluding tert-OH is 1. The molecule has 17 heavy (non-hydrogen) atoms. The SMILES string of the molecule is OCCCNC(=S)Nc1ccc2sncc2c1. The predicted molar refractivity (Wildman–Crippen MR) is 75.5 cm³/mol. The summed E-state index contributed by atoms with van der Waals surface area (Å²) < 4.78 is 5.28. The van der Waals surface area contributed by atoms with E-state index in [1.165, 1.54) is 11.5 Å². The Kier molecular flexibility index (Phi) is 4.24. The molecule has 6 heteroatoms. The Morgan fingerprint density at radius 1 is 1.47 bits per heavy atom. The Morgan fingerprint density at radius 3 is 3.18 bits per heavy atom. The molecule has 0 saturated heterocycles. The number of benzene rings is 1. The predicted octanol–water partition coefficient (Wildman–Crippen LogP) is 1.97. The van der Waals surface area contributed by atoms with Crippen LogP contribution in [-0.2, 0) is 0 Å². The number of hydrogen-bond donors (Lipinski definition) is 3. The number of rotatable bonds is 4. The van der Waals surface area contributed by atoms with Crippen LogP contribution in [0.4, 0.5) is 5.69 Å². The standard InChI is InChI=1S/C11H13N3OS2/c15-5-1-4-12-11(16)14-9-2-3-10-8(6-9)7-13-17-10/h2-3,6-7,15H,1,4-5H2,(H2,12,14,16). The summed E-state index contributed by atoms with van der Waals surface area (Å²) in [4.78, 5) is 0. The van der Waals surface area contributed by atoms with Crippen molar-refractivity contribution in [3.05, 3.63) is 24.4 Å². The summed E-state index contributed by atoms with van der Waals surface area (Å²) in [5.41, 5.74) is 0.944. The molecule has 0 radical (unpaired) electrons. The molecule has 0 aliphatic heterocycles. The van der Waals surface area contributed by atoms with Gasteiger partial charge >= 0.3 is 0 Å². The highest BCUT2D eigenvalue weighted by Gasteiger charge is 2.00. The number of thiocarbonyl (C=S) groups is 1. The van der Waals surface area contributed by atoms with Gasteiger partial charge in [-0.25, -0.2) is 0 Å². The Balaban J connectivity index is 1.95. The largest absolute Gasteiger partial charge is 0.396 e. The number of nitrogens with zero attached hydrogens (tertiary/aromatic N) is 1. The molecule has 0 fully saturated rings. The van der Waals surface area contributed by atoms with Gasteiger partial charge in [0.2, 0.25) is 0 Å². The zero-order chi connectivity index (χ0) is 12.1. The molecule has 1 heterocycles. The average Bonchev–Trinajstić information content (AvgIpc) is 2.76. The Hall–Kier alpha value is -1.24. The lowest BCUT2D eigenvalue weighted by Crippen LogP contribution is -2.29. The summed E-state index contributed by atoms with van der Waals surface area (Å²) in [6.45, 7) is 0.840. The quantitative estimate of drug-likeness (QED) is 0.584. The van der Waals surface area contributed by atoms with E-state index in [9.17, 15) is 0 Å². The fraction of sp³-hybridized carbons (Fsp3) is 0.273. The van der Waals surface area contributed by atoms with Crippen molar-refractivity contribution < 1.29 is 5.11 Å². The fourth-order valence-electron chi connectivity index (χ4n) is 1.41. The average molecular weight is 267 g/mol. The molecule has 0 spiro atoms. The van der Waals surface area contributed by atoms with Crippen LogP contribution in [0, 0.1) is 0 Å². The maximum atomic E-state index is 8.65. The van der Waals surface area contributed by atoms with Crippen LogP contribution in [0.2, 0.25) is 0 Å². The van der Waals surface area contributed by atoms with Gasteiger partial charge in [0.1, 0.15) is 0 Å². The highest BCUT2D eigenvalue weighted by atomic mass is 32.1. The number of aromatic nitrogens is 1. The lowest BCUT2D eigenvalue weighted by atomic mass is 10.2. The van der Waals surface area contributed by atoms with Crippen molar-refractivity contribution in [3.63, 3.8) is 0 Å². The molecular weight excluding hydrogens is 254 g/mol. The smallest absolute Gasteiger partial charge is 0.170 e. The maximum absolute atomic E-state index is 8.65. The first-order chi connectivity index (χ1) is 8.29. The second kappa shape index (κ2) is 5.90. The Morgan fingerprint density at radius 2 is 2.35 bits per heavy atom. The molecule has 2 aromatic rings. The van der Waals surface area contributed by atoms with Crippen molar-refractivity contribution in [1.29, 1.82) is 0 Å². The number of anilines is 1. The third-order valence-electron chi connectivity index (χ3n) is 2.23. The third kappa shape index (κ3) is 3.36. The number of nitrogens with one attached hydrogen (secondary N) is 2. The minimum absolute atomic E-state index is 0.169. The summed E-state index contributed by atoms with van der Waals surface area (Å²) in [5.74, 6) is 0. The first-order valence-electron chi connectivity index (χ1n) is 5.30. The molecule has 90 valence electrons. The van der Waals surface area contributed by atoms with Gasteiger partial charge < -0.3 is 15.7 Å². The van der Waals surface area contributed by atoms with Gasteiger partial charge in [0.05, 0.1) is 4.70 Å². The molecular formula is C11H13N3OS2. The molecule has 0 atom stereocenters. The topological polar surface area (TPSA) is 57.2 Å². The molecule has 1 aromatic heterocycles. The first kappa shape index (κ1) is 12.2. The van der Waals surface area contributed by atoms with E-state index < -0.39 is 0 Å². The van der Waals surface area contributed by atoms with Gasteiger partial charge in [0.25, 0.3) is 0 Å². The van der Waals surface area contributed by atoms with Crippen LogP contribution in [0.1, 0.15) is 6.42 Å². The van der Waals surface area contributed by atoms with E-state index in [0.717, 1.165) is 15.8 Å². The van der Waals surface area contributed by atoms with E-state index in [-0.39, 0.29) is 6.61 Å². The number of hydrogen-bond acceptors (Lipinski definition) is 4. The lowest BCUT2D eigenvalue weighted by molar-refractivity contribution is 0.289. The van der Waals surface area contributed by atoms with Crippen LogP contribution in [0.25, 0.3) is 10.1 Å². The van der Waals surface area contributed by atoms with Crippen LogP contribution >= 0.6 is 23.8 Å². The highest BCUT2D eigenvalue weighted by molar-refractivity contribution is 7.80. The van der Waals surface area contributed by atoms with E-state index in [2.05, 4.69) is 15.0 Å². The van der Waals surface area contributed by atoms with E-state index in [1.807, 2.05) is 24.4 Å². The molecule has 2 rings (SSSR count). The van der Waals surface area contributed by atoms with Crippen molar-refractivity contribution in [2.75, 3.05) is 18.5 Å². The molecule has 0 unspecified atom stereocenters. The van der Waals surface area contributed by atoms with Crippen molar-refractivity contribution in [3.8, 4) is 0 Å². The molecule has 0 amide bonds. The van der Waals surface area contributed by atoms with E-state index in [4.69, 9.17) is 17.3 Å². The second-order valence-corrected chi connectivity index (χ2v) is 4.78. The van der Waals surface area contributed by atoms with Crippen LogP contribution in [0.3, 0.4) is 0 Å². The Bertz CT molecular complexity index is 512. The van der Waals surface area contributed by atoms with E-state index >= 15 is 0 Å². The molecule has 1 aromatic carbocycles. The van der Waals surface area contributed by atoms with Gasteiger partial charge in [-0.15, -0.1) is 0 Å². The van der Waals surface area contributed by atoms with E-state index in [1.54, 1.807) is 0 Å². The van der Waals surface area contributed by atoms with Crippen molar-refractivity contribution >= 4 is 44.6 Å². The zero-order valence-corrected chi connectivity index (χ0v) is 10.8. The molecule has 0 saturated carbocycles. The monoisotopic (exact) mass is 267 g/mol. The van der Waals surface area contributed by atoms with Crippen molar-refractivity contribution in [2.24, 2.45) is 0 Å². The maximum Gasteiger partial charge on any atom is 0.170 e. The number of fused-ring (bicyclic) bond motifs is 1. The summed E-state index contributed by atoms with van der Waals surface area (Å²) in [5, 5.41) is 16.5. The molecule has 0 bridgehead atoms. The summed E-state index contributed by atoms with van der Waals surface area (Å²) >= 11 is 6.61. The normalized spacial score (nSPS) is 10.4. The minimum atomic E-state index is 0.169. The Labute approximate surface area is 109 Å². The molecule has 4 nitrogen and oxygen atoms in total. The molecule has 0 aliphatic carbocycles. The molecule has 0 aliphatic rings. The third-order valence-corrected chi connectivity index (χ3v) is 3.26.